The van der Waals surface area contributed by atoms with Gasteiger partial charge in [-0.1, -0.05) is 24.3 Å². The first-order valence-electron chi connectivity index (χ1n) is 12.3. The number of H-pyrrole nitrogens is 1. The molecule has 1 saturated carbocycles. The zero-order chi connectivity index (χ0) is 25.8. The van der Waals surface area contributed by atoms with Gasteiger partial charge in [0.05, 0.1) is 12.6 Å². The first-order valence-corrected chi connectivity index (χ1v) is 12.3. The van der Waals surface area contributed by atoms with E-state index < -0.39 is 0 Å². The van der Waals surface area contributed by atoms with E-state index in [1.54, 1.807) is 19.3 Å². The molecule has 190 valence electrons. The van der Waals surface area contributed by atoms with E-state index in [0.717, 1.165) is 42.6 Å². The van der Waals surface area contributed by atoms with Crippen LogP contribution in [-0.2, 0) is 0 Å². The molecule has 3 N–H and O–H groups in total. The second kappa shape index (κ2) is 10.7. The molecule has 2 amide bonds. The van der Waals surface area contributed by atoms with Gasteiger partial charge >= 0.3 is 0 Å². The number of aromatic amines is 1. The topological polar surface area (TPSA) is 118 Å². The van der Waals surface area contributed by atoms with E-state index >= 15 is 0 Å². The molecule has 0 radical (unpaired) electrons. The summed E-state index contributed by atoms with van der Waals surface area (Å²) < 4.78 is 11.5. The maximum Gasteiger partial charge on any atom is 0.272 e. The largest absolute Gasteiger partial charge is 0.490 e. The molecule has 0 bridgehead atoms. The number of carbonyl (C=O) groups is 2. The number of fused-ring (bicyclic) bond motifs is 1. The van der Waals surface area contributed by atoms with Crippen LogP contribution in [0, 0.1) is 0 Å². The standard InChI is InChI=1S/C28H29N5O4/c1-29-27(35)25-22-12-11-17(14-24(22)32-33-25)18-13-23(28(36-2)30-16-18)26(34)31-19-7-6-10-21(15-19)37-20-8-4-3-5-9-20/h3-5,8-9,11-14,16,19,21H,6-7,10,15H2,1-2H3,(H,29,35)(H,31,34)(H,32,33). The van der Waals surface area contributed by atoms with E-state index in [-0.39, 0.29) is 29.8 Å². The van der Waals surface area contributed by atoms with Crippen molar-refractivity contribution in [3.05, 3.63) is 72.1 Å². The average molecular weight is 500 g/mol. The number of benzene rings is 2. The molecule has 2 unspecified atom stereocenters. The zero-order valence-electron chi connectivity index (χ0n) is 20.8. The van der Waals surface area contributed by atoms with Gasteiger partial charge in [-0.2, -0.15) is 5.10 Å². The quantitative estimate of drug-likeness (QED) is 0.352. The lowest BCUT2D eigenvalue weighted by Gasteiger charge is -2.30. The summed E-state index contributed by atoms with van der Waals surface area (Å²) in [6, 6.07) is 17.1. The predicted octanol–water partition coefficient (Wildman–Crippen LogP) is 4.11. The van der Waals surface area contributed by atoms with Crippen LogP contribution in [0.1, 0.15) is 46.5 Å². The lowest BCUT2D eigenvalue weighted by Crippen LogP contribution is -2.41. The molecule has 0 saturated heterocycles. The zero-order valence-corrected chi connectivity index (χ0v) is 20.8. The van der Waals surface area contributed by atoms with E-state index in [2.05, 4.69) is 25.8 Å². The molecule has 4 aromatic rings. The van der Waals surface area contributed by atoms with Gasteiger partial charge in [-0.25, -0.2) is 4.98 Å². The minimum atomic E-state index is -0.261. The third-order valence-electron chi connectivity index (χ3n) is 6.63. The van der Waals surface area contributed by atoms with Crippen LogP contribution in [0.3, 0.4) is 0 Å². The molecular weight excluding hydrogens is 470 g/mol. The number of ether oxygens (including phenoxy) is 2. The lowest BCUT2D eigenvalue weighted by molar-refractivity contribution is 0.0878. The van der Waals surface area contributed by atoms with Gasteiger partial charge in [0.25, 0.3) is 11.8 Å². The normalized spacial score (nSPS) is 17.2. The Labute approximate surface area is 214 Å². The van der Waals surface area contributed by atoms with E-state index in [1.807, 2.05) is 48.5 Å². The number of nitrogens with one attached hydrogen (secondary N) is 3. The SMILES string of the molecule is CNC(=O)c1n[nH]c2cc(-c3cnc(OC)c(C(=O)NC4CCCC(Oc5ccccc5)C4)c3)ccc12. The molecule has 2 heterocycles. The fraction of sp³-hybridized carbons (Fsp3) is 0.286. The van der Waals surface area contributed by atoms with Crippen molar-refractivity contribution in [1.82, 2.24) is 25.8 Å². The first kappa shape index (κ1) is 24.3. The summed E-state index contributed by atoms with van der Waals surface area (Å²) in [4.78, 5) is 29.8. The molecule has 5 rings (SSSR count). The Morgan fingerprint density at radius 2 is 1.86 bits per heavy atom. The Morgan fingerprint density at radius 3 is 2.65 bits per heavy atom. The maximum absolute atomic E-state index is 13.3. The van der Waals surface area contributed by atoms with Crippen LogP contribution < -0.4 is 20.1 Å². The van der Waals surface area contributed by atoms with Gasteiger partial charge in [-0.05, 0) is 55.2 Å². The molecule has 2 aromatic carbocycles. The minimum absolute atomic E-state index is 0.00667. The molecule has 9 nitrogen and oxygen atoms in total. The highest BCUT2D eigenvalue weighted by Gasteiger charge is 2.26. The summed E-state index contributed by atoms with van der Waals surface area (Å²) in [7, 11) is 3.07. The second-order valence-corrected chi connectivity index (χ2v) is 9.08. The van der Waals surface area contributed by atoms with Crippen molar-refractivity contribution >= 4 is 22.7 Å². The fourth-order valence-electron chi connectivity index (χ4n) is 4.76. The van der Waals surface area contributed by atoms with Gasteiger partial charge in [-0.15, -0.1) is 0 Å². The van der Waals surface area contributed by atoms with Crippen molar-refractivity contribution in [1.29, 1.82) is 0 Å². The van der Waals surface area contributed by atoms with E-state index in [0.29, 0.717) is 22.2 Å². The van der Waals surface area contributed by atoms with Crippen LogP contribution in [0.4, 0.5) is 0 Å². The molecule has 2 aromatic heterocycles. The van der Waals surface area contributed by atoms with Crippen molar-refractivity contribution in [3.8, 4) is 22.8 Å². The van der Waals surface area contributed by atoms with Crippen LogP contribution >= 0.6 is 0 Å². The Balaban J connectivity index is 1.34. The Kier molecular flexibility index (Phi) is 7.02. The average Bonchev–Trinajstić information content (AvgIpc) is 3.36. The Hall–Kier alpha value is -4.40. The summed E-state index contributed by atoms with van der Waals surface area (Å²) in [5.74, 6) is 0.609. The smallest absolute Gasteiger partial charge is 0.272 e. The molecule has 1 fully saturated rings. The number of carbonyl (C=O) groups excluding carboxylic acids is 2. The number of methoxy groups -OCH3 is 1. The molecule has 0 aliphatic heterocycles. The van der Waals surface area contributed by atoms with Crippen LogP contribution in [0.15, 0.2) is 60.8 Å². The number of nitrogens with zero attached hydrogens (tertiary/aromatic N) is 2. The van der Waals surface area contributed by atoms with Gasteiger partial charge in [-0.3, -0.25) is 14.7 Å². The van der Waals surface area contributed by atoms with E-state index in [1.165, 1.54) is 7.11 Å². The first-order chi connectivity index (χ1) is 18.1. The summed E-state index contributed by atoms with van der Waals surface area (Å²) in [6.45, 7) is 0. The minimum Gasteiger partial charge on any atom is -0.490 e. The second-order valence-electron chi connectivity index (χ2n) is 9.08. The number of aromatic nitrogens is 3. The van der Waals surface area contributed by atoms with Crippen molar-refractivity contribution in [3.63, 3.8) is 0 Å². The van der Waals surface area contributed by atoms with Gasteiger partial charge in [0, 0.05) is 36.7 Å². The third-order valence-corrected chi connectivity index (χ3v) is 6.63. The van der Waals surface area contributed by atoms with Crippen molar-refractivity contribution in [2.75, 3.05) is 14.2 Å². The molecular formula is C28H29N5O4. The molecule has 37 heavy (non-hydrogen) atoms. The van der Waals surface area contributed by atoms with Gasteiger partial charge in [0.15, 0.2) is 5.69 Å². The summed E-state index contributed by atoms with van der Waals surface area (Å²) in [5.41, 5.74) is 2.99. The van der Waals surface area contributed by atoms with Crippen LogP contribution in [0.2, 0.25) is 0 Å². The Morgan fingerprint density at radius 1 is 1.03 bits per heavy atom. The number of para-hydroxylation sites is 1. The van der Waals surface area contributed by atoms with Gasteiger partial charge in [0.1, 0.15) is 17.4 Å². The van der Waals surface area contributed by atoms with Crippen LogP contribution in [0.5, 0.6) is 11.6 Å². The Bertz CT molecular complexity index is 1420. The molecule has 1 aliphatic rings. The fourth-order valence-corrected chi connectivity index (χ4v) is 4.76. The highest BCUT2D eigenvalue weighted by Crippen LogP contribution is 2.29. The predicted molar refractivity (Wildman–Crippen MR) is 140 cm³/mol. The number of rotatable bonds is 7. The summed E-state index contributed by atoms with van der Waals surface area (Å²) >= 11 is 0. The molecule has 2 atom stereocenters. The maximum atomic E-state index is 13.3. The molecule has 0 spiro atoms. The van der Waals surface area contributed by atoms with Crippen LogP contribution in [0.25, 0.3) is 22.0 Å². The molecule has 9 heteroatoms. The molecule has 1 aliphatic carbocycles. The van der Waals surface area contributed by atoms with E-state index in [9.17, 15) is 9.59 Å². The summed E-state index contributed by atoms with van der Waals surface area (Å²) in [5, 5.41) is 13.5. The van der Waals surface area contributed by atoms with Crippen molar-refractivity contribution < 1.29 is 19.1 Å². The number of amides is 2. The number of hydrogen-bond donors (Lipinski definition) is 3. The van der Waals surface area contributed by atoms with Crippen molar-refractivity contribution in [2.24, 2.45) is 0 Å². The summed E-state index contributed by atoms with van der Waals surface area (Å²) in [6.07, 6.45) is 5.27. The van der Waals surface area contributed by atoms with Crippen LogP contribution in [-0.4, -0.2) is 53.3 Å². The highest BCUT2D eigenvalue weighted by atomic mass is 16.5. The highest BCUT2D eigenvalue weighted by molar-refractivity contribution is 6.05. The lowest BCUT2D eigenvalue weighted by atomic mass is 9.92. The van der Waals surface area contributed by atoms with Gasteiger partial charge < -0.3 is 20.1 Å². The van der Waals surface area contributed by atoms with Crippen molar-refractivity contribution in [2.45, 2.75) is 37.8 Å². The van der Waals surface area contributed by atoms with Gasteiger partial charge in [0.2, 0.25) is 5.88 Å². The number of pyridine rings is 1. The van der Waals surface area contributed by atoms with E-state index in [4.69, 9.17) is 9.47 Å². The third kappa shape index (κ3) is 5.25. The monoisotopic (exact) mass is 499 g/mol. The number of hydrogen-bond acceptors (Lipinski definition) is 6.